The molecule has 3 fully saturated rings. The summed E-state index contributed by atoms with van der Waals surface area (Å²) in [6.45, 7) is 6.10. The molecule has 2 bridgehead atoms. The molecule has 2 aromatic carbocycles. The Morgan fingerprint density at radius 1 is 1.18 bits per heavy atom. The van der Waals surface area contributed by atoms with Gasteiger partial charge in [-0.25, -0.2) is 0 Å². The van der Waals surface area contributed by atoms with E-state index in [4.69, 9.17) is 4.74 Å². The molecule has 34 heavy (non-hydrogen) atoms. The molecule has 3 saturated heterocycles. The van der Waals surface area contributed by atoms with Crippen LogP contribution in [0.15, 0.2) is 67.4 Å². The van der Waals surface area contributed by atoms with Gasteiger partial charge in [0.15, 0.2) is 0 Å². The van der Waals surface area contributed by atoms with Gasteiger partial charge < -0.3 is 9.84 Å². The van der Waals surface area contributed by atoms with Crippen molar-refractivity contribution in [3.05, 3.63) is 84.1 Å². The minimum atomic E-state index is -4.36. The van der Waals surface area contributed by atoms with Gasteiger partial charge in [0.2, 0.25) is 0 Å². The summed E-state index contributed by atoms with van der Waals surface area (Å²) in [4.78, 5) is 6.88. The van der Waals surface area contributed by atoms with E-state index in [1.54, 1.807) is 24.4 Å². The number of aromatic nitrogens is 1. The molecule has 0 amide bonds. The molecule has 5 atom stereocenters. The number of fused-ring (bicyclic) bond motifs is 4. The molecular formula is C27H27F3N2O2. The third-order valence-corrected chi connectivity index (χ3v) is 7.28. The Labute approximate surface area is 196 Å². The lowest BCUT2D eigenvalue weighted by atomic mass is 9.73. The van der Waals surface area contributed by atoms with E-state index in [2.05, 4.69) is 16.5 Å². The molecule has 0 saturated carbocycles. The number of nitrogens with zero attached hydrogens (tertiary/aromatic N) is 2. The highest BCUT2D eigenvalue weighted by Crippen LogP contribution is 2.44. The zero-order valence-corrected chi connectivity index (χ0v) is 18.7. The molecule has 4 heterocycles. The Morgan fingerprint density at radius 2 is 1.97 bits per heavy atom. The van der Waals surface area contributed by atoms with Gasteiger partial charge in [0.1, 0.15) is 5.75 Å². The molecule has 0 aliphatic carbocycles. The fourth-order valence-corrected chi connectivity index (χ4v) is 5.48. The second kappa shape index (κ2) is 9.04. The van der Waals surface area contributed by atoms with Crippen molar-refractivity contribution >= 4 is 10.9 Å². The Kier molecular flexibility index (Phi) is 6.08. The predicted molar refractivity (Wildman–Crippen MR) is 124 cm³/mol. The zero-order valence-electron chi connectivity index (χ0n) is 18.7. The standard InChI is InChI=1S/C27H27F3N2O2/c1-2-18-15-32-12-10-19(18)13-25(32)26(22-9-11-31-24-8-7-21(33)14-23(22)24)34-16-17-3-5-20(6-4-17)27(28,29)30/h2-9,11,14,18-19,25-26,33H,1,10,12-13,15-16H2/t18-,19-,25+,26?/m0/s1. The van der Waals surface area contributed by atoms with Crippen LogP contribution in [-0.2, 0) is 17.5 Å². The maximum atomic E-state index is 13.0. The maximum absolute atomic E-state index is 13.0. The highest BCUT2D eigenvalue weighted by Gasteiger charge is 2.43. The third-order valence-electron chi connectivity index (χ3n) is 7.28. The Bertz CT molecular complexity index is 1180. The topological polar surface area (TPSA) is 45.6 Å². The highest BCUT2D eigenvalue weighted by atomic mass is 19.4. The summed E-state index contributed by atoms with van der Waals surface area (Å²) < 4.78 is 45.4. The first-order valence-corrected chi connectivity index (χ1v) is 11.6. The summed E-state index contributed by atoms with van der Waals surface area (Å²) in [5.41, 5.74) is 1.70. The molecule has 0 spiro atoms. The highest BCUT2D eigenvalue weighted by molar-refractivity contribution is 5.83. The number of aromatic hydroxyl groups is 1. The van der Waals surface area contributed by atoms with Crippen LogP contribution in [0.25, 0.3) is 10.9 Å². The Hall–Kier alpha value is -2.90. The zero-order chi connectivity index (χ0) is 23.9. The van der Waals surface area contributed by atoms with E-state index in [1.807, 2.05) is 12.1 Å². The maximum Gasteiger partial charge on any atom is 0.416 e. The average Bonchev–Trinajstić information content (AvgIpc) is 2.84. The fourth-order valence-electron chi connectivity index (χ4n) is 5.48. The van der Waals surface area contributed by atoms with Crippen LogP contribution in [0.5, 0.6) is 5.75 Å². The van der Waals surface area contributed by atoms with Gasteiger partial charge in [-0.3, -0.25) is 9.88 Å². The van der Waals surface area contributed by atoms with Crippen molar-refractivity contribution in [2.75, 3.05) is 13.1 Å². The van der Waals surface area contributed by atoms with Crippen LogP contribution in [0.1, 0.15) is 35.6 Å². The first-order valence-electron chi connectivity index (χ1n) is 11.6. The lowest BCUT2D eigenvalue weighted by Gasteiger charge is -2.51. The Balaban J connectivity index is 1.47. The minimum Gasteiger partial charge on any atom is -0.508 e. The molecular weight excluding hydrogens is 441 g/mol. The summed E-state index contributed by atoms with van der Waals surface area (Å²) in [5, 5.41) is 11.0. The van der Waals surface area contributed by atoms with Gasteiger partial charge in [0.05, 0.1) is 23.8 Å². The molecule has 3 aliphatic heterocycles. The van der Waals surface area contributed by atoms with Crippen molar-refractivity contribution in [2.45, 2.75) is 37.8 Å². The van der Waals surface area contributed by atoms with E-state index in [0.29, 0.717) is 17.4 Å². The van der Waals surface area contributed by atoms with Gasteiger partial charge in [0.25, 0.3) is 0 Å². The number of rotatable bonds is 6. The van der Waals surface area contributed by atoms with Crippen LogP contribution in [0, 0.1) is 11.8 Å². The van der Waals surface area contributed by atoms with Crippen LogP contribution < -0.4 is 0 Å². The summed E-state index contributed by atoms with van der Waals surface area (Å²) in [7, 11) is 0. The van der Waals surface area contributed by atoms with Crippen molar-refractivity contribution in [3.8, 4) is 5.75 Å². The second-order valence-corrected chi connectivity index (χ2v) is 9.27. The van der Waals surface area contributed by atoms with Gasteiger partial charge in [-0.2, -0.15) is 13.2 Å². The number of benzene rings is 2. The summed E-state index contributed by atoms with van der Waals surface area (Å²) in [6, 6.07) is 12.3. The van der Waals surface area contributed by atoms with Crippen molar-refractivity contribution in [1.29, 1.82) is 0 Å². The fraction of sp³-hybridized carbons (Fsp3) is 0.370. The van der Waals surface area contributed by atoms with Crippen molar-refractivity contribution in [3.63, 3.8) is 0 Å². The van der Waals surface area contributed by atoms with Gasteiger partial charge in [-0.15, -0.1) is 6.58 Å². The lowest BCUT2D eigenvalue weighted by molar-refractivity contribution is -0.137. The van der Waals surface area contributed by atoms with E-state index < -0.39 is 11.7 Å². The second-order valence-electron chi connectivity index (χ2n) is 9.27. The number of pyridine rings is 1. The number of phenolic OH excluding ortho intramolecular Hbond substituents is 1. The number of ether oxygens (including phenoxy) is 1. The molecule has 3 aromatic rings. The van der Waals surface area contributed by atoms with E-state index in [0.717, 1.165) is 54.5 Å². The Morgan fingerprint density at radius 3 is 2.65 bits per heavy atom. The van der Waals surface area contributed by atoms with Crippen LogP contribution in [0.2, 0.25) is 0 Å². The van der Waals surface area contributed by atoms with E-state index in [1.165, 1.54) is 12.1 Å². The normalized spacial score (nSPS) is 25.4. The van der Waals surface area contributed by atoms with Gasteiger partial charge in [-0.05, 0) is 78.7 Å². The molecule has 0 radical (unpaired) electrons. The van der Waals surface area contributed by atoms with Gasteiger partial charge in [-0.1, -0.05) is 18.2 Å². The summed E-state index contributed by atoms with van der Waals surface area (Å²) >= 11 is 0. The number of phenols is 1. The van der Waals surface area contributed by atoms with Crippen LogP contribution in [0.3, 0.4) is 0 Å². The third kappa shape index (κ3) is 4.42. The molecule has 4 nitrogen and oxygen atoms in total. The van der Waals surface area contributed by atoms with E-state index in [9.17, 15) is 18.3 Å². The van der Waals surface area contributed by atoms with Crippen LogP contribution in [-0.4, -0.2) is 34.1 Å². The van der Waals surface area contributed by atoms with Crippen molar-refractivity contribution in [1.82, 2.24) is 9.88 Å². The van der Waals surface area contributed by atoms with Crippen LogP contribution in [0.4, 0.5) is 13.2 Å². The number of piperidine rings is 3. The quantitative estimate of drug-likeness (QED) is 0.443. The van der Waals surface area contributed by atoms with E-state index in [-0.39, 0.29) is 24.5 Å². The molecule has 7 heteroatoms. The van der Waals surface area contributed by atoms with Crippen molar-refractivity contribution in [2.24, 2.45) is 11.8 Å². The monoisotopic (exact) mass is 468 g/mol. The van der Waals surface area contributed by atoms with Gasteiger partial charge >= 0.3 is 6.18 Å². The van der Waals surface area contributed by atoms with Gasteiger partial charge in [0, 0.05) is 24.2 Å². The van der Waals surface area contributed by atoms with Crippen molar-refractivity contribution < 1.29 is 23.0 Å². The minimum absolute atomic E-state index is 0.123. The first-order chi connectivity index (χ1) is 16.3. The number of hydrogen-bond acceptors (Lipinski definition) is 4. The number of alkyl halides is 3. The largest absolute Gasteiger partial charge is 0.508 e. The lowest BCUT2D eigenvalue weighted by Crippen LogP contribution is -2.55. The van der Waals surface area contributed by atoms with E-state index >= 15 is 0 Å². The number of halogens is 3. The predicted octanol–water partition coefficient (Wildman–Crippen LogP) is 6.11. The molecule has 2 unspecified atom stereocenters. The SMILES string of the molecule is C=C[C@H]1CN2CC[C@H]1C[C@@H]2C(OCc1ccc(C(F)(F)F)cc1)c1ccnc2ccc(O)cc12. The molecule has 178 valence electrons. The summed E-state index contributed by atoms with van der Waals surface area (Å²) in [6.07, 6.45) is 1.18. The smallest absolute Gasteiger partial charge is 0.416 e. The van der Waals surface area contributed by atoms with Crippen LogP contribution >= 0.6 is 0 Å². The average molecular weight is 469 g/mol. The molecule has 3 aliphatic rings. The number of hydrogen-bond donors (Lipinski definition) is 1. The molecule has 1 N–H and O–H groups in total. The first kappa shape index (κ1) is 22.9. The molecule has 6 rings (SSSR count). The summed E-state index contributed by atoms with van der Waals surface area (Å²) in [5.74, 6) is 1.14. The molecule has 1 aromatic heterocycles.